The largest absolute Gasteiger partial charge is 0.416 e. The van der Waals surface area contributed by atoms with Crippen LogP contribution in [0.5, 0.6) is 0 Å². The van der Waals surface area contributed by atoms with Gasteiger partial charge in [-0.1, -0.05) is 42.5 Å². The molecular weight excluding hydrogens is 546 g/mol. The number of sulfonamides is 1. The van der Waals surface area contributed by atoms with Gasteiger partial charge in [0.25, 0.3) is 0 Å². The molecule has 1 aromatic heterocycles. The Morgan fingerprint density at radius 3 is 1.90 bits per heavy atom. The molecule has 0 aliphatic carbocycles. The van der Waals surface area contributed by atoms with Crippen molar-refractivity contribution >= 4 is 26.6 Å². The maximum atomic E-state index is 13.2. The fourth-order valence-corrected chi connectivity index (χ4v) is 5.96. The SMILES string of the molecule is O=S(=O)(c1cc(C(F)(F)F)cc(C(F)(F)F)c1)N1CCN(c2ccc(-c3cccc4ccccc34)nn2)CC1. The summed E-state index contributed by atoms with van der Waals surface area (Å²) in [6.07, 6.45) is -10.3. The molecule has 204 valence electrons. The summed E-state index contributed by atoms with van der Waals surface area (Å²) in [5.41, 5.74) is -1.84. The summed E-state index contributed by atoms with van der Waals surface area (Å²) in [4.78, 5) is 0.691. The molecule has 0 N–H and O–H groups in total. The highest BCUT2D eigenvalue weighted by atomic mass is 32.2. The molecular formula is C26H20F6N4O2S. The molecule has 4 aromatic rings. The van der Waals surface area contributed by atoms with Crippen molar-refractivity contribution in [1.82, 2.24) is 14.5 Å². The van der Waals surface area contributed by atoms with Crippen LogP contribution in [0.1, 0.15) is 11.1 Å². The van der Waals surface area contributed by atoms with Crippen molar-refractivity contribution in [3.8, 4) is 11.3 Å². The lowest BCUT2D eigenvalue weighted by molar-refractivity contribution is -0.143. The Kier molecular flexibility index (Phi) is 6.75. The number of hydrogen-bond donors (Lipinski definition) is 0. The van der Waals surface area contributed by atoms with Crippen molar-refractivity contribution in [3.05, 3.63) is 83.9 Å². The van der Waals surface area contributed by atoms with E-state index in [2.05, 4.69) is 10.2 Å². The second-order valence-electron chi connectivity index (χ2n) is 8.94. The van der Waals surface area contributed by atoms with Gasteiger partial charge >= 0.3 is 12.4 Å². The standard InChI is InChI=1S/C26H20F6N4O2S/c27-25(28,29)18-14-19(26(30,31)32)16-20(15-18)39(37,38)36-12-10-35(11-13-36)24-9-8-23(33-34-24)22-7-3-5-17-4-1-2-6-21(17)22/h1-9,14-16H,10-13H2. The smallest absolute Gasteiger partial charge is 0.352 e. The zero-order valence-electron chi connectivity index (χ0n) is 20.0. The van der Waals surface area contributed by atoms with Crippen molar-refractivity contribution in [2.45, 2.75) is 17.2 Å². The Hall–Kier alpha value is -3.71. The van der Waals surface area contributed by atoms with Crippen molar-refractivity contribution in [2.75, 3.05) is 31.1 Å². The van der Waals surface area contributed by atoms with E-state index in [-0.39, 0.29) is 44.4 Å². The summed E-state index contributed by atoms with van der Waals surface area (Å²) < 4.78 is 106. The Bertz CT molecular complexity index is 1580. The van der Waals surface area contributed by atoms with Crippen molar-refractivity contribution < 1.29 is 34.8 Å². The van der Waals surface area contributed by atoms with Gasteiger partial charge in [-0.25, -0.2) is 8.42 Å². The summed E-state index contributed by atoms with van der Waals surface area (Å²) in [6.45, 7) is -0.0847. The summed E-state index contributed by atoms with van der Waals surface area (Å²) >= 11 is 0. The topological polar surface area (TPSA) is 66.4 Å². The average molecular weight is 567 g/mol. The van der Waals surface area contributed by atoms with E-state index in [1.54, 1.807) is 17.0 Å². The Morgan fingerprint density at radius 1 is 0.692 bits per heavy atom. The minimum atomic E-state index is -5.15. The fourth-order valence-electron chi connectivity index (χ4n) is 4.47. The third-order valence-electron chi connectivity index (χ3n) is 6.48. The second-order valence-corrected chi connectivity index (χ2v) is 10.9. The second kappa shape index (κ2) is 9.79. The quantitative estimate of drug-likeness (QED) is 0.290. The van der Waals surface area contributed by atoms with Crippen molar-refractivity contribution in [3.63, 3.8) is 0 Å². The van der Waals surface area contributed by atoms with Gasteiger partial charge < -0.3 is 4.90 Å². The zero-order valence-corrected chi connectivity index (χ0v) is 20.9. The first kappa shape index (κ1) is 26.9. The lowest BCUT2D eigenvalue weighted by Crippen LogP contribution is -2.49. The Morgan fingerprint density at radius 2 is 1.31 bits per heavy atom. The maximum absolute atomic E-state index is 13.2. The highest BCUT2D eigenvalue weighted by Gasteiger charge is 2.39. The highest BCUT2D eigenvalue weighted by molar-refractivity contribution is 7.89. The molecule has 0 radical (unpaired) electrons. The van der Waals surface area contributed by atoms with Crippen molar-refractivity contribution in [1.29, 1.82) is 0 Å². The summed E-state index contributed by atoms with van der Waals surface area (Å²) in [6, 6.07) is 17.5. The monoisotopic (exact) mass is 566 g/mol. The van der Waals surface area contributed by atoms with Crippen LogP contribution < -0.4 is 4.90 Å². The van der Waals surface area contributed by atoms with Gasteiger partial charge in [0.2, 0.25) is 10.0 Å². The van der Waals surface area contributed by atoms with Crippen LogP contribution >= 0.6 is 0 Å². The summed E-state index contributed by atoms with van der Waals surface area (Å²) in [7, 11) is -4.63. The molecule has 1 aliphatic rings. The lowest BCUT2D eigenvalue weighted by Gasteiger charge is -2.34. The van der Waals surface area contributed by atoms with E-state index in [1.165, 1.54) is 0 Å². The molecule has 0 bridgehead atoms. The third-order valence-corrected chi connectivity index (χ3v) is 8.35. The maximum Gasteiger partial charge on any atom is 0.416 e. The van der Waals surface area contributed by atoms with E-state index in [4.69, 9.17) is 0 Å². The first-order valence-corrected chi connectivity index (χ1v) is 13.1. The van der Waals surface area contributed by atoms with Crippen LogP contribution in [0.25, 0.3) is 22.0 Å². The number of hydrogen-bond acceptors (Lipinski definition) is 5. The molecule has 5 rings (SSSR count). The van der Waals surface area contributed by atoms with E-state index in [0.717, 1.165) is 20.6 Å². The van der Waals surface area contributed by atoms with Crippen molar-refractivity contribution in [2.24, 2.45) is 0 Å². The molecule has 1 saturated heterocycles. The number of aromatic nitrogens is 2. The number of halogens is 6. The molecule has 0 saturated carbocycles. The van der Waals surface area contributed by atoms with E-state index in [0.29, 0.717) is 11.5 Å². The van der Waals surface area contributed by atoms with Gasteiger partial charge in [0, 0.05) is 31.7 Å². The molecule has 6 nitrogen and oxygen atoms in total. The minimum absolute atomic E-state index is 0.0997. The molecule has 1 fully saturated rings. The molecule has 39 heavy (non-hydrogen) atoms. The van der Waals surface area contributed by atoms with Gasteiger partial charge in [-0.3, -0.25) is 0 Å². The number of rotatable bonds is 4. The molecule has 0 atom stereocenters. The first-order valence-electron chi connectivity index (χ1n) is 11.7. The van der Waals surface area contributed by atoms with Crippen LogP contribution in [0.3, 0.4) is 0 Å². The number of alkyl halides is 6. The average Bonchev–Trinajstić information content (AvgIpc) is 2.92. The van der Waals surface area contributed by atoms with E-state index in [9.17, 15) is 34.8 Å². The number of piperazine rings is 1. The van der Waals surface area contributed by atoms with Crippen LogP contribution in [-0.2, 0) is 22.4 Å². The van der Waals surface area contributed by atoms with E-state index >= 15 is 0 Å². The molecule has 1 aliphatic heterocycles. The van der Waals surface area contributed by atoms with Gasteiger partial charge in [0.05, 0.1) is 21.7 Å². The van der Waals surface area contributed by atoms with Gasteiger partial charge in [0.1, 0.15) is 0 Å². The van der Waals surface area contributed by atoms with E-state index < -0.39 is 38.4 Å². The lowest BCUT2D eigenvalue weighted by atomic mass is 10.0. The van der Waals surface area contributed by atoms with Gasteiger partial charge in [-0.15, -0.1) is 10.2 Å². The fraction of sp³-hybridized carbons (Fsp3) is 0.231. The van der Waals surface area contributed by atoms with Crippen LogP contribution in [0.2, 0.25) is 0 Å². The number of anilines is 1. The normalized spacial score (nSPS) is 15.6. The van der Waals surface area contributed by atoms with Crippen LogP contribution in [0.4, 0.5) is 32.2 Å². The predicted molar refractivity (Wildman–Crippen MR) is 132 cm³/mol. The van der Waals surface area contributed by atoms with Crippen LogP contribution in [-0.4, -0.2) is 49.1 Å². The van der Waals surface area contributed by atoms with Crippen LogP contribution in [0.15, 0.2) is 77.7 Å². The molecule has 0 amide bonds. The molecule has 3 aromatic carbocycles. The van der Waals surface area contributed by atoms with Crippen LogP contribution in [0, 0.1) is 0 Å². The number of nitrogens with zero attached hydrogens (tertiary/aromatic N) is 4. The van der Waals surface area contributed by atoms with E-state index in [1.807, 2.05) is 42.5 Å². The Balaban J connectivity index is 1.34. The Labute approximate surface area is 219 Å². The molecule has 2 heterocycles. The minimum Gasteiger partial charge on any atom is -0.352 e. The van der Waals surface area contributed by atoms with Gasteiger partial charge in [0.15, 0.2) is 5.82 Å². The highest BCUT2D eigenvalue weighted by Crippen LogP contribution is 2.38. The van der Waals surface area contributed by atoms with Gasteiger partial charge in [-0.2, -0.15) is 30.6 Å². The summed E-state index contributed by atoms with van der Waals surface area (Å²) in [5.74, 6) is 0.467. The summed E-state index contributed by atoms with van der Waals surface area (Å²) in [5, 5.41) is 10.6. The predicted octanol–water partition coefficient (Wildman–Crippen LogP) is 5.85. The number of benzene rings is 3. The number of fused-ring (bicyclic) bond motifs is 1. The molecule has 13 heteroatoms. The molecule has 0 unspecified atom stereocenters. The third kappa shape index (κ3) is 5.41. The van der Waals surface area contributed by atoms with Gasteiger partial charge in [-0.05, 0) is 41.1 Å². The zero-order chi connectivity index (χ0) is 28.0. The molecule has 0 spiro atoms. The first-order chi connectivity index (χ1) is 18.3.